The molecule has 0 aromatic carbocycles. The molecule has 160 valence electrons. The highest BCUT2D eigenvalue weighted by atomic mass is 127. The van der Waals surface area contributed by atoms with Crippen LogP contribution in [0.25, 0.3) is 0 Å². The molecule has 2 saturated heterocycles. The number of halogens is 4. The van der Waals surface area contributed by atoms with Crippen LogP contribution < -0.4 is 10.6 Å². The lowest BCUT2D eigenvalue weighted by molar-refractivity contribution is -0.148. The van der Waals surface area contributed by atoms with Crippen molar-refractivity contribution in [1.29, 1.82) is 0 Å². The molecule has 0 aliphatic carbocycles. The first-order chi connectivity index (χ1) is 12.3. The maximum absolute atomic E-state index is 12.4. The van der Waals surface area contributed by atoms with Gasteiger partial charge in [-0.2, -0.15) is 24.9 Å². The van der Waals surface area contributed by atoms with Crippen molar-refractivity contribution in [3.8, 4) is 0 Å². The number of hydrogen-bond donors (Lipinski definition) is 3. The smallest absolute Gasteiger partial charge is 0.387 e. The number of aliphatic hydroxyl groups is 1. The maximum atomic E-state index is 12.4. The Bertz CT molecular complexity index is 454. The van der Waals surface area contributed by atoms with Gasteiger partial charge in [-0.1, -0.05) is 0 Å². The third-order valence-corrected chi connectivity index (χ3v) is 6.15. The van der Waals surface area contributed by atoms with Crippen molar-refractivity contribution in [2.45, 2.75) is 44.4 Å². The van der Waals surface area contributed by atoms with Crippen LogP contribution >= 0.6 is 35.7 Å². The fourth-order valence-electron chi connectivity index (χ4n) is 3.37. The van der Waals surface area contributed by atoms with E-state index in [1.165, 1.54) is 4.90 Å². The molecule has 2 aliphatic heterocycles. The van der Waals surface area contributed by atoms with Crippen LogP contribution in [0.1, 0.15) is 32.6 Å². The number of alkyl halides is 3. The summed E-state index contributed by atoms with van der Waals surface area (Å²) in [6, 6.07) is 0. The molecule has 2 heterocycles. The van der Waals surface area contributed by atoms with Gasteiger partial charge in [-0.25, -0.2) is 0 Å². The number of thioether (sulfide) groups is 1. The van der Waals surface area contributed by atoms with Crippen molar-refractivity contribution in [1.82, 2.24) is 15.5 Å². The molecule has 5 nitrogen and oxygen atoms in total. The second kappa shape index (κ2) is 11.9. The largest absolute Gasteiger partial charge is 0.401 e. The Morgan fingerprint density at radius 3 is 2.56 bits per heavy atom. The molecule has 0 bridgehead atoms. The molecule has 2 aliphatic rings. The van der Waals surface area contributed by atoms with Crippen molar-refractivity contribution in [2.75, 3.05) is 50.8 Å². The zero-order valence-electron chi connectivity index (χ0n) is 15.9. The molecule has 10 heteroatoms. The number of rotatable bonds is 7. The van der Waals surface area contributed by atoms with Crippen LogP contribution in [0.15, 0.2) is 4.99 Å². The molecule has 3 N–H and O–H groups in total. The lowest BCUT2D eigenvalue weighted by Crippen LogP contribution is -2.42. The van der Waals surface area contributed by atoms with E-state index in [4.69, 9.17) is 0 Å². The van der Waals surface area contributed by atoms with E-state index < -0.39 is 18.3 Å². The summed E-state index contributed by atoms with van der Waals surface area (Å²) < 4.78 is 37.3. The average Bonchev–Trinajstić information content (AvgIpc) is 3.00. The van der Waals surface area contributed by atoms with Crippen LogP contribution in [0, 0.1) is 5.92 Å². The number of guanidine groups is 1. The molecule has 0 saturated carbocycles. The van der Waals surface area contributed by atoms with Crippen LogP contribution in [-0.2, 0) is 0 Å². The van der Waals surface area contributed by atoms with E-state index in [2.05, 4.69) is 15.6 Å². The summed E-state index contributed by atoms with van der Waals surface area (Å²) in [6.45, 7) is 4.11. The topological polar surface area (TPSA) is 59.9 Å². The predicted molar refractivity (Wildman–Crippen MR) is 116 cm³/mol. The summed E-state index contributed by atoms with van der Waals surface area (Å²) in [6.07, 6.45) is -0.792. The molecule has 1 unspecified atom stereocenters. The van der Waals surface area contributed by atoms with Gasteiger partial charge in [0.25, 0.3) is 0 Å². The first-order valence-corrected chi connectivity index (χ1v) is 10.6. The number of hydrogen-bond acceptors (Lipinski definition) is 4. The van der Waals surface area contributed by atoms with Gasteiger partial charge in [-0.15, -0.1) is 24.0 Å². The Morgan fingerprint density at radius 1 is 1.30 bits per heavy atom. The number of piperidine rings is 1. The minimum Gasteiger partial charge on any atom is -0.387 e. The standard InChI is InChI=1S/C17H31F3N4OS.HI/c1-2-21-15(23-11-16(25)6-10-26-13-16)22-7-3-14-4-8-24(9-5-14)12-17(18,19)20;/h14,25H,2-13H2,1H3,(H2,21,22,23);1H. The van der Waals surface area contributed by atoms with E-state index in [-0.39, 0.29) is 24.0 Å². The van der Waals surface area contributed by atoms with Gasteiger partial charge in [0.2, 0.25) is 0 Å². The average molecular weight is 524 g/mol. The van der Waals surface area contributed by atoms with Gasteiger partial charge < -0.3 is 15.7 Å². The van der Waals surface area contributed by atoms with Gasteiger partial charge >= 0.3 is 6.18 Å². The van der Waals surface area contributed by atoms with Gasteiger partial charge in [0.15, 0.2) is 5.96 Å². The molecule has 2 fully saturated rings. The highest BCUT2D eigenvalue weighted by molar-refractivity contribution is 14.0. The molecular formula is C17H32F3IN4OS. The summed E-state index contributed by atoms with van der Waals surface area (Å²) in [5, 5.41) is 16.8. The predicted octanol–water partition coefficient (Wildman–Crippen LogP) is 2.69. The number of nitrogens with zero attached hydrogens (tertiary/aromatic N) is 2. The van der Waals surface area contributed by atoms with Gasteiger partial charge in [0, 0.05) is 18.8 Å². The second-order valence-corrected chi connectivity index (χ2v) is 8.38. The number of aliphatic imine (C=N–C) groups is 1. The highest BCUT2D eigenvalue weighted by Gasteiger charge is 2.33. The zero-order chi connectivity index (χ0) is 19.0. The van der Waals surface area contributed by atoms with Crippen molar-refractivity contribution in [2.24, 2.45) is 10.9 Å². The summed E-state index contributed by atoms with van der Waals surface area (Å²) in [5.74, 6) is 2.85. The molecule has 2 rings (SSSR count). The van der Waals surface area contributed by atoms with Gasteiger partial charge in [0.05, 0.1) is 18.7 Å². The minimum absolute atomic E-state index is 0. The molecule has 1 atom stereocenters. The third kappa shape index (κ3) is 9.89. The minimum atomic E-state index is -4.10. The summed E-state index contributed by atoms with van der Waals surface area (Å²) >= 11 is 1.75. The van der Waals surface area contributed by atoms with Gasteiger partial charge in [-0.3, -0.25) is 9.89 Å². The summed E-state index contributed by atoms with van der Waals surface area (Å²) in [4.78, 5) is 6.00. The van der Waals surface area contributed by atoms with Crippen LogP contribution in [0.3, 0.4) is 0 Å². The quantitative estimate of drug-likeness (QED) is 0.272. The van der Waals surface area contributed by atoms with E-state index in [0.29, 0.717) is 31.5 Å². The Labute approximate surface area is 181 Å². The summed E-state index contributed by atoms with van der Waals surface area (Å²) in [5.41, 5.74) is -0.696. The lowest BCUT2D eigenvalue weighted by Gasteiger charge is -2.32. The number of nitrogens with one attached hydrogen (secondary N) is 2. The van der Waals surface area contributed by atoms with E-state index in [1.54, 1.807) is 11.8 Å². The Balaban J connectivity index is 0.00000364. The molecule has 0 aromatic heterocycles. The fourth-order valence-corrected chi connectivity index (χ4v) is 4.65. The monoisotopic (exact) mass is 524 g/mol. The molecule has 0 radical (unpaired) electrons. The first-order valence-electron chi connectivity index (χ1n) is 9.41. The lowest BCUT2D eigenvalue weighted by atomic mass is 9.93. The second-order valence-electron chi connectivity index (χ2n) is 7.27. The van der Waals surface area contributed by atoms with Crippen LogP contribution in [0.5, 0.6) is 0 Å². The molecular weight excluding hydrogens is 492 g/mol. The first kappa shape index (κ1) is 25.1. The fraction of sp³-hybridized carbons (Fsp3) is 0.941. The normalized spacial score (nSPS) is 25.3. The van der Waals surface area contributed by atoms with Gasteiger partial charge in [-0.05, 0) is 57.4 Å². The maximum Gasteiger partial charge on any atom is 0.401 e. The highest BCUT2D eigenvalue weighted by Crippen LogP contribution is 2.28. The van der Waals surface area contributed by atoms with Crippen molar-refractivity contribution >= 4 is 41.7 Å². The number of likely N-dealkylation sites (tertiary alicyclic amines) is 1. The van der Waals surface area contributed by atoms with Crippen molar-refractivity contribution in [3.63, 3.8) is 0 Å². The van der Waals surface area contributed by atoms with Crippen LogP contribution in [0.4, 0.5) is 13.2 Å². The Kier molecular flexibility index (Phi) is 11.1. The van der Waals surface area contributed by atoms with Crippen LogP contribution in [0.2, 0.25) is 0 Å². The van der Waals surface area contributed by atoms with E-state index >= 15 is 0 Å². The van der Waals surface area contributed by atoms with Gasteiger partial charge in [0.1, 0.15) is 0 Å². The molecule has 0 aromatic rings. The van der Waals surface area contributed by atoms with E-state index in [9.17, 15) is 18.3 Å². The molecule has 0 amide bonds. The molecule has 0 spiro atoms. The Hall–Kier alpha value is 0.0600. The SMILES string of the molecule is CCNC(=NCC1(O)CCSC1)NCCC1CCN(CC(F)(F)F)CC1.I. The van der Waals surface area contributed by atoms with Crippen LogP contribution in [-0.4, -0.2) is 78.5 Å². The zero-order valence-corrected chi connectivity index (χ0v) is 19.0. The molecule has 27 heavy (non-hydrogen) atoms. The van der Waals surface area contributed by atoms with Crippen molar-refractivity contribution in [3.05, 3.63) is 0 Å². The summed E-state index contributed by atoms with van der Waals surface area (Å²) in [7, 11) is 0. The van der Waals surface area contributed by atoms with E-state index in [1.807, 2.05) is 6.92 Å². The third-order valence-electron chi connectivity index (χ3n) is 4.91. The van der Waals surface area contributed by atoms with Crippen molar-refractivity contribution < 1.29 is 18.3 Å². The van der Waals surface area contributed by atoms with E-state index in [0.717, 1.165) is 50.3 Å². The Morgan fingerprint density at radius 2 is 2.00 bits per heavy atom.